The summed E-state index contributed by atoms with van der Waals surface area (Å²) in [6, 6.07) is 0. The molecule has 0 bridgehead atoms. The van der Waals surface area contributed by atoms with Crippen LogP contribution in [0.3, 0.4) is 0 Å². The van der Waals surface area contributed by atoms with Crippen LogP contribution in [-0.4, -0.2) is 9.55 Å². The van der Waals surface area contributed by atoms with E-state index in [0.29, 0.717) is 16.5 Å². The lowest BCUT2D eigenvalue weighted by molar-refractivity contribution is 0.769. The molecule has 0 aliphatic carbocycles. The predicted molar refractivity (Wildman–Crippen MR) is 89.7 cm³/mol. The molecule has 19 heavy (non-hydrogen) atoms. The summed E-state index contributed by atoms with van der Waals surface area (Å²) < 4.78 is 2.50. The van der Waals surface area contributed by atoms with Gasteiger partial charge in [0.2, 0.25) is 0 Å². The minimum absolute atomic E-state index is 0.542. The highest BCUT2D eigenvalue weighted by Gasteiger charge is 1.99. The molecule has 1 heterocycles. The summed E-state index contributed by atoms with van der Waals surface area (Å²) in [5.41, 5.74) is 7.20. The van der Waals surface area contributed by atoms with Crippen LogP contribution in [0.25, 0.3) is 5.82 Å². The summed E-state index contributed by atoms with van der Waals surface area (Å²) in [5.74, 6) is 1.19. The van der Waals surface area contributed by atoms with Crippen LogP contribution in [0, 0.1) is 5.92 Å². The van der Waals surface area contributed by atoms with E-state index in [1.54, 1.807) is 10.8 Å². The minimum atomic E-state index is 0.542. The highest BCUT2D eigenvalue weighted by Crippen LogP contribution is 2.12. The Bertz CT molecular complexity index is 390. The molecule has 1 aromatic rings. The average molecular weight is 330 g/mol. The van der Waals surface area contributed by atoms with E-state index in [1.807, 2.05) is 46.0 Å². The Balaban J connectivity index is 0. The van der Waals surface area contributed by atoms with Gasteiger partial charge in [-0.1, -0.05) is 53.2 Å². The first-order valence-electron chi connectivity index (χ1n) is 6.85. The maximum Gasteiger partial charge on any atom is 0.182 e. The van der Waals surface area contributed by atoms with Gasteiger partial charge in [0.25, 0.3) is 0 Å². The molecular weight excluding hydrogens is 302 g/mol. The summed E-state index contributed by atoms with van der Waals surface area (Å²) in [4.78, 5) is 4.04. The predicted octanol–water partition coefficient (Wildman–Crippen LogP) is 5.06. The number of hydrogen-bond donors (Lipinski definition) is 1. The molecule has 0 atom stereocenters. The molecule has 0 spiro atoms. The number of hydrogen-bond acceptors (Lipinski definition) is 2. The van der Waals surface area contributed by atoms with Crippen LogP contribution in [0.1, 0.15) is 48.5 Å². The fourth-order valence-corrected chi connectivity index (χ4v) is 1.41. The summed E-state index contributed by atoms with van der Waals surface area (Å²) in [5, 5.41) is 0. The number of allylic oxidation sites excluding steroid dienone is 3. The molecule has 1 rings (SSSR count). The number of imidazole rings is 1. The first-order valence-corrected chi connectivity index (χ1v) is 7.65. The van der Waals surface area contributed by atoms with Gasteiger partial charge in [0.05, 0.1) is 0 Å². The number of aromatic nitrogens is 2. The van der Waals surface area contributed by atoms with E-state index in [1.165, 1.54) is 5.57 Å². The smallest absolute Gasteiger partial charge is 0.182 e. The SMILES string of the molecule is C/C(=C\C=C(/N)n1ccnc1Br)C(C)C.CC.CC. The van der Waals surface area contributed by atoms with E-state index in [-0.39, 0.29) is 0 Å². The van der Waals surface area contributed by atoms with Crippen molar-refractivity contribution >= 4 is 21.8 Å². The van der Waals surface area contributed by atoms with Gasteiger partial charge in [-0.2, -0.15) is 0 Å². The van der Waals surface area contributed by atoms with Gasteiger partial charge in [-0.3, -0.25) is 4.57 Å². The molecule has 0 amide bonds. The topological polar surface area (TPSA) is 43.8 Å². The van der Waals surface area contributed by atoms with E-state index in [4.69, 9.17) is 5.73 Å². The van der Waals surface area contributed by atoms with E-state index in [0.717, 1.165) is 0 Å². The zero-order valence-electron chi connectivity index (χ0n) is 13.2. The van der Waals surface area contributed by atoms with Crippen molar-refractivity contribution in [3.8, 4) is 0 Å². The van der Waals surface area contributed by atoms with Crippen LogP contribution in [0.2, 0.25) is 0 Å². The van der Waals surface area contributed by atoms with Crippen molar-refractivity contribution in [1.82, 2.24) is 9.55 Å². The van der Waals surface area contributed by atoms with Gasteiger partial charge in [-0.15, -0.1) is 0 Å². The zero-order valence-corrected chi connectivity index (χ0v) is 14.8. The van der Waals surface area contributed by atoms with Crippen molar-refractivity contribution < 1.29 is 0 Å². The lowest BCUT2D eigenvalue weighted by Crippen LogP contribution is -2.05. The average Bonchev–Trinajstić information content (AvgIpc) is 2.86. The molecule has 0 radical (unpaired) electrons. The first kappa shape index (κ1) is 20.3. The van der Waals surface area contributed by atoms with E-state index in [2.05, 4.69) is 41.7 Å². The number of rotatable bonds is 3. The van der Waals surface area contributed by atoms with Crippen LogP contribution >= 0.6 is 15.9 Å². The van der Waals surface area contributed by atoms with E-state index < -0.39 is 0 Å². The highest BCUT2D eigenvalue weighted by atomic mass is 79.9. The Hall–Kier alpha value is -1.03. The summed E-state index contributed by atoms with van der Waals surface area (Å²) in [6.07, 6.45) is 7.44. The van der Waals surface area contributed by atoms with Gasteiger partial charge < -0.3 is 5.73 Å². The van der Waals surface area contributed by atoms with Crippen molar-refractivity contribution in [2.24, 2.45) is 11.7 Å². The molecule has 0 unspecified atom stereocenters. The maximum absolute atomic E-state index is 5.90. The normalized spacial score (nSPS) is 11.4. The van der Waals surface area contributed by atoms with E-state index in [9.17, 15) is 0 Å². The van der Waals surface area contributed by atoms with Crippen molar-refractivity contribution in [2.75, 3.05) is 0 Å². The largest absolute Gasteiger partial charge is 0.385 e. The fourth-order valence-electron chi connectivity index (χ4n) is 0.967. The highest BCUT2D eigenvalue weighted by molar-refractivity contribution is 9.10. The summed E-state index contributed by atoms with van der Waals surface area (Å²) in [6.45, 7) is 14.4. The van der Waals surface area contributed by atoms with Crippen LogP contribution in [0.4, 0.5) is 0 Å². The van der Waals surface area contributed by atoms with Crippen molar-refractivity contribution in [2.45, 2.75) is 48.5 Å². The monoisotopic (exact) mass is 329 g/mol. The third-order valence-corrected chi connectivity index (χ3v) is 2.89. The summed E-state index contributed by atoms with van der Waals surface area (Å²) >= 11 is 3.31. The first-order chi connectivity index (χ1) is 9.02. The van der Waals surface area contributed by atoms with Crippen LogP contribution in [0.5, 0.6) is 0 Å². The number of halogens is 1. The second-order valence-electron chi connectivity index (χ2n) is 3.72. The second kappa shape index (κ2) is 12.0. The molecule has 0 saturated carbocycles. The molecule has 0 aliphatic rings. The molecule has 0 saturated heterocycles. The molecular formula is C15H28BrN3. The third-order valence-electron chi connectivity index (χ3n) is 2.30. The maximum atomic E-state index is 5.90. The zero-order chi connectivity index (χ0) is 15.4. The molecule has 4 heteroatoms. The quantitative estimate of drug-likeness (QED) is 0.788. The molecule has 0 fully saturated rings. The van der Waals surface area contributed by atoms with Crippen molar-refractivity contribution in [3.05, 3.63) is 34.9 Å². The van der Waals surface area contributed by atoms with Gasteiger partial charge in [0, 0.05) is 12.4 Å². The molecule has 2 N–H and O–H groups in total. The Morgan fingerprint density at radius 3 is 2.16 bits per heavy atom. The molecule has 1 aromatic heterocycles. The third kappa shape index (κ3) is 7.88. The lowest BCUT2D eigenvalue weighted by Gasteiger charge is -2.05. The second-order valence-corrected chi connectivity index (χ2v) is 4.43. The van der Waals surface area contributed by atoms with Gasteiger partial charge in [0.15, 0.2) is 4.73 Å². The molecule has 0 aromatic carbocycles. The Morgan fingerprint density at radius 2 is 1.79 bits per heavy atom. The van der Waals surface area contributed by atoms with Gasteiger partial charge in [-0.05, 0) is 34.8 Å². The van der Waals surface area contributed by atoms with Gasteiger partial charge >= 0.3 is 0 Å². The Labute approximate surface area is 126 Å². The van der Waals surface area contributed by atoms with E-state index >= 15 is 0 Å². The van der Waals surface area contributed by atoms with Crippen molar-refractivity contribution in [3.63, 3.8) is 0 Å². The van der Waals surface area contributed by atoms with Crippen LogP contribution < -0.4 is 5.73 Å². The Kier molecular flexibility index (Phi) is 12.8. The number of nitrogens with two attached hydrogens (primary N) is 1. The fraction of sp³-hybridized carbons (Fsp3) is 0.533. The standard InChI is InChI=1S/C11H16BrN3.2C2H6/c1-8(2)9(3)4-5-10(13)15-7-6-14-11(15)12;2*1-2/h4-8H,13H2,1-3H3;2*1-2H3/b9-4+,10-5+;;. The summed E-state index contributed by atoms with van der Waals surface area (Å²) in [7, 11) is 0. The van der Waals surface area contributed by atoms with Crippen molar-refractivity contribution in [1.29, 1.82) is 0 Å². The Morgan fingerprint density at radius 1 is 1.26 bits per heavy atom. The van der Waals surface area contributed by atoms with Gasteiger partial charge in [0.1, 0.15) is 5.82 Å². The molecule has 110 valence electrons. The van der Waals surface area contributed by atoms with Gasteiger partial charge in [-0.25, -0.2) is 4.98 Å². The number of nitrogens with zero attached hydrogens (tertiary/aromatic N) is 2. The van der Waals surface area contributed by atoms with Crippen LogP contribution in [-0.2, 0) is 0 Å². The lowest BCUT2D eigenvalue weighted by atomic mass is 10.1. The van der Waals surface area contributed by atoms with Crippen LogP contribution in [0.15, 0.2) is 34.9 Å². The minimum Gasteiger partial charge on any atom is -0.385 e. The molecule has 0 aliphatic heterocycles. The molecule has 3 nitrogen and oxygen atoms in total.